The summed E-state index contributed by atoms with van der Waals surface area (Å²) in [6.07, 6.45) is 1.43. The number of sulfonamides is 1. The first-order valence-corrected chi connectivity index (χ1v) is 6.88. The van der Waals surface area contributed by atoms with Crippen LogP contribution in [0, 0.1) is 0 Å². The van der Waals surface area contributed by atoms with Crippen molar-refractivity contribution in [3.63, 3.8) is 0 Å². The molecule has 0 amide bonds. The minimum absolute atomic E-state index is 0.0193. The number of esters is 1. The van der Waals surface area contributed by atoms with Gasteiger partial charge in [-0.05, 0) is 33.9 Å². The lowest BCUT2D eigenvalue weighted by molar-refractivity contribution is 0.00695. The van der Waals surface area contributed by atoms with Crippen molar-refractivity contribution >= 4 is 16.0 Å². The van der Waals surface area contributed by atoms with E-state index < -0.39 is 21.6 Å². The largest absolute Gasteiger partial charge is 0.456 e. The molecule has 1 rings (SSSR count). The second-order valence-corrected chi connectivity index (χ2v) is 6.72. The van der Waals surface area contributed by atoms with E-state index in [-0.39, 0.29) is 10.6 Å². The molecule has 0 aliphatic rings. The molecule has 0 fully saturated rings. The van der Waals surface area contributed by atoms with Gasteiger partial charge >= 0.3 is 5.97 Å². The first kappa shape index (κ1) is 14.7. The number of nitrogens with zero attached hydrogens (tertiary/aromatic N) is 1. The van der Waals surface area contributed by atoms with Crippen LogP contribution >= 0.6 is 0 Å². The first-order valence-electron chi connectivity index (χ1n) is 5.40. The smallest absolute Gasteiger partial charge is 0.340 e. The minimum atomic E-state index is -3.58. The quantitative estimate of drug-likeness (QED) is 0.830. The molecular weight excluding hydrogens is 256 g/mol. The topological polar surface area (TPSA) is 77.4 Å². The van der Waals surface area contributed by atoms with Gasteiger partial charge < -0.3 is 9.30 Å². The van der Waals surface area contributed by atoms with Crippen molar-refractivity contribution in [2.45, 2.75) is 31.4 Å². The van der Waals surface area contributed by atoms with Gasteiger partial charge in [0.2, 0.25) is 0 Å². The van der Waals surface area contributed by atoms with Crippen molar-refractivity contribution in [3.05, 3.63) is 17.8 Å². The molecule has 0 unspecified atom stereocenters. The van der Waals surface area contributed by atoms with Gasteiger partial charge in [-0.2, -0.15) is 0 Å². The molecular formula is C11H18N2O4S. The van der Waals surface area contributed by atoms with Gasteiger partial charge in [0.1, 0.15) is 5.60 Å². The summed E-state index contributed by atoms with van der Waals surface area (Å²) in [5.41, 5.74) is -0.407. The number of hydrogen-bond donors (Lipinski definition) is 1. The van der Waals surface area contributed by atoms with Crippen LogP contribution in [0.3, 0.4) is 0 Å². The summed E-state index contributed by atoms with van der Waals surface area (Å²) < 4.78 is 32.1. The van der Waals surface area contributed by atoms with Gasteiger partial charge in [-0.15, -0.1) is 0 Å². The van der Waals surface area contributed by atoms with Crippen LogP contribution in [0.15, 0.2) is 17.3 Å². The Labute approximate surface area is 107 Å². The molecule has 0 saturated carbocycles. The summed E-state index contributed by atoms with van der Waals surface area (Å²) in [4.78, 5) is 11.8. The summed E-state index contributed by atoms with van der Waals surface area (Å²) in [5, 5.41) is 0.0193. The molecule has 0 saturated heterocycles. The van der Waals surface area contributed by atoms with Gasteiger partial charge in [-0.25, -0.2) is 17.9 Å². The minimum Gasteiger partial charge on any atom is -0.456 e. The van der Waals surface area contributed by atoms with Crippen molar-refractivity contribution in [1.82, 2.24) is 9.29 Å². The standard InChI is InChI=1S/C11H18N2O4S/c1-11(2,3)17-10(14)8-6-9(13(5)7-8)18(15,16)12-4/h6-7,12H,1-5H3. The fourth-order valence-electron chi connectivity index (χ4n) is 1.36. The highest BCUT2D eigenvalue weighted by molar-refractivity contribution is 7.89. The van der Waals surface area contributed by atoms with Crippen LogP contribution < -0.4 is 4.72 Å². The summed E-state index contributed by atoms with van der Waals surface area (Å²) in [7, 11) is -0.711. The number of rotatable bonds is 3. The Hall–Kier alpha value is -1.34. The lowest BCUT2D eigenvalue weighted by atomic mass is 10.2. The Morgan fingerprint density at radius 1 is 1.39 bits per heavy atom. The van der Waals surface area contributed by atoms with E-state index in [0.29, 0.717) is 0 Å². The Balaban J connectivity index is 3.09. The van der Waals surface area contributed by atoms with Gasteiger partial charge in [0.25, 0.3) is 10.0 Å². The normalized spacial score (nSPS) is 12.5. The fraction of sp³-hybridized carbons (Fsp3) is 0.545. The third kappa shape index (κ3) is 3.33. The zero-order valence-corrected chi connectivity index (χ0v) is 12.0. The summed E-state index contributed by atoms with van der Waals surface area (Å²) in [6, 6.07) is 1.29. The van der Waals surface area contributed by atoms with Gasteiger partial charge in [-0.3, -0.25) is 0 Å². The van der Waals surface area contributed by atoms with Gasteiger partial charge in [0, 0.05) is 13.2 Å². The molecule has 1 heterocycles. The Bertz CT molecular complexity index is 552. The molecule has 0 radical (unpaired) electrons. The second-order valence-electron chi connectivity index (χ2n) is 4.89. The fourth-order valence-corrected chi connectivity index (χ4v) is 2.29. The Kier molecular flexibility index (Phi) is 3.87. The van der Waals surface area contributed by atoms with Crippen molar-refractivity contribution in [2.24, 2.45) is 7.05 Å². The third-order valence-electron chi connectivity index (χ3n) is 2.14. The zero-order valence-electron chi connectivity index (χ0n) is 11.1. The second kappa shape index (κ2) is 4.74. The van der Waals surface area contributed by atoms with Crippen LogP contribution in [0.5, 0.6) is 0 Å². The number of carbonyl (C=O) groups excluding carboxylic acids is 1. The zero-order chi connectivity index (χ0) is 14.1. The lowest BCUT2D eigenvalue weighted by Gasteiger charge is -2.18. The number of nitrogens with one attached hydrogen (secondary N) is 1. The van der Waals surface area contributed by atoms with Crippen molar-refractivity contribution < 1.29 is 17.9 Å². The number of aryl methyl sites for hydroxylation is 1. The van der Waals surface area contributed by atoms with E-state index in [1.165, 1.54) is 23.9 Å². The van der Waals surface area contributed by atoms with Gasteiger partial charge in [0.05, 0.1) is 5.56 Å². The molecule has 102 valence electrons. The summed E-state index contributed by atoms with van der Waals surface area (Å²) in [5.74, 6) is -0.546. The molecule has 0 aliphatic carbocycles. The molecule has 0 aliphatic heterocycles. The third-order valence-corrected chi connectivity index (χ3v) is 3.63. The number of aromatic nitrogens is 1. The Morgan fingerprint density at radius 2 is 1.94 bits per heavy atom. The predicted molar refractivity (Wildman–Crippen MR) is 66.8 cm³/mol. The molecule has 0 bridgehead atoms. The van der Waals surface area contributed by atoms with Gasteiger partial charge in [-0.1, -0.05) is 0 Å². The van der Waals surface area contributed by atoms with Crippen LogP contribution in [-0.2, 0) is 21.8 Å². The van der Waals surface area contributed by atoms with Crippen LogP contribution in [-0.4, -0.2) is 31.6 Å². The summed E-state index contributed by atoms with van der Waals surface area (Å²) >= 11 is 0. The van der Waals surface area contributed by atoms with Crippen molar-refractivity contribution in [1.29, 1.82) is 0 Å². The predicted octanol–water partition coefficient (Wildman–Crippen LogP) is 0.888. The first-order chi connectivity index (χ1) is 8.07. The molecule has 0 spiro atoms. The monoisotopic (exact) mass is 274 g/mol. The Morgan fingerprint density at radius 3 is 2.39 bits per heavy atom. The van der Waals surface area contributed by atoms with E-state index in [1.54, 1.807) is 27.8 Å². The molecule has 1 N–H and O–H groups in total. The summed E-state index contributed by atoms with van der Waals surface area (Å²) in [6.45, 7) is 5.25. The average Bonchev–Trinajstić information content (AvgIpc) is 2.58. The van der Waals surface area contributed by atoms with E-state index in [1.807, 2.05) is 0 Å². The maximum atomic E-state index is 11.8. The molecule has 18 heavy (non-hydrogen) atoms. The maximum absolute atomic E-state index is 11.8. The average molecular weight is 274 g/mol. The molecule has 6 nitrogen and oxygen atoms in total. The van der Waals surface area contributed by atoms with Gasteiger partial charge in [0.15, 0.2) is 5.03 Å². The van der Waals surface area contributed by atoms with E-state index >= 15 is 0 Å². The van der Waals surface area contributed by atoms with E-state index in [0.717, 1.165) is 0 Å². The van der Waals surface area contributed by atoms with Crippen molar-refractivity contribution in [2.75, 3.05) is 7.05 Å². The number of carbonyl (C=O) groups is 1. The van der Waals surface area contributed by atoms with E-state index in [9.17, 15) is 13.2 Å². The molecule has 0 aromatic carbocycles. The SMILES string of the molecule is CNS(=O)(=O)c1cc(C(=O)OC(C)(C)C)cn1C. The van der Waals surface area contributed by atoms with Crippen LogP contribution in [0.25, 0.3) is 0 Å². The highest BCUT2D eigenvalue weighted by Crippen LogP contribution is 2.17. The van der Waals surface area contributed by atoms with E-state index in [4.69, 9.17) is 4.74 Å². The van der Waals surface area contributed by atoms with Crippen LogP contribution in [0.4, 0.5) is 0 Å². The highest BCUT2D eigenvalue weighted by Gasteiger charge is 2.23. The molecule has 0 atom stereocenters. The van der Waals surface area contributed by atoms with E-state index in [2.05, 4.69) is 4.72 Å². The van der Waals surface area contributed by atoms with Crippen LogP contribution in [0.1, 0.15) is 31.1 Å². The molecule has 1 aromatic heterocycles. The van der Waals surface area contributed by atoms with Crippen LogP contribution in [0.2, 0.25) is 0 Å². The highest BCUT2D eigenvalue weighted by atomic mass is 32.2. The molecule has 7 heteroatoms. The van der Waals surface area contributed by atoms with Crippen molar-refractivity contribution in [3.8, 4) is 0 Å². The number of hydrogen-bond acceptors (Lipinski definition) is 4. The lowest BCUT2D eigenvalue weighted by Crippen LogP contribution is -2.23. The maximum Gasteiger partial charge on any atom is 0.340 e. The molecule has 1 aromatic rings. The number of ether oxygens (including phenoxy) is 1.